The van der Waals surface area contributed by atoms with Gasteiger partial charge in [-0.15, -0.1) is 0 Å². The van der Waals surface area contributed by atoms with Crippen LogP contribution in [0.4, 0.5) is 0 Å². The first-order valence-electron chi connectivity index (χ1n) is 42.6. The molecule has 7 rings (SSSR count). The first-order chi connectivity index (χ1) is 58.4. The molecule has 4 aromatic rings. The Balaban J connectivity index is 1.30. The largest absolute Gasteiger partial charge is 0.391 e. The fraction of sp³-hybridized carbons (Fsp3) is 0.622. The molecule has 40 heteroatoms. The number of hydrogen-bond acceptors (Lipinski definition) is 22. The van der Waals surface area contributed by atoms with Crippen molar-refractivity contribution in [3.8, 4) is 0 Å². The van der Waals surface area contributed by atoms with Crippen LogP contribution < -0.4 is 104 Å². The lowest BCUT2D eigenvalue weighted by Gasteiger charge is -2.34. The Hall–Kier alpha value is -10.9. The molecular formula is C82H131N25O15. The van der Waals surface area contributed by atoms with Gasteiger partial charge in [0.15, 0.2) is 5.96 Å². The van der Waals surface area contributed by atoms with Crippen LogP contribution >= 0.6 is 0 Å². The molecule has 3 fully saturated rings. The third-order valence-electron chi connectivity index (χ3n) is 22.3. The molecule has 3 aliphatic rings. The van der Waals surface area contributed by atoms with Gasteiger partial charge in [0.2, 0.25) is 82.7 Å². The van der Waals surface area contributed by atoms with Crippen molar-refractivity contribution in [3.63, 3.8) is 0 Å². The second-order valence-electron chi connectivity index (χ2n) is 32.1. The van der Waals surface area contributed by atoms with Crippen molar-refractivity contribution in [2.24, 2.45) is 56.8 Å². The molecule has 2 aromatic carbocycles. The smallest absolute Gasteiger partial charge is 0.246 e. The molecule has 0 unspecified atom stereocenters. The number of carbonyl (C=O) groups excluding carboxylic acids is 14. The summed E-state index contributed by atoms with van der Waals surface area (Å²) in [7, 11) is 1.34. The summed E-state index contributed by atoms with van der Waals surface area (Å²) in [5, 5.41) is 42.8. The van der Waals surface area contributed by atoms with Gasteiger partial charge in [0.1, 0.15) is 84.6 Å². The lowest BCUT2D eigenvalue weighted by molar-refractivity contribution is -0.148. The SMILES string of the molecule is CC(C)C[C@@H]1NC(=O)[C@H](Cc2c[nH]c3ccccc23)NC(=O)[C@H]([C@@H](C)O)NC(=O)[C@@H]2CCCN2C(=O)[C@H]2CCCN2C(=O)[C@H](CCCCN)NC(=O)[C@H](C)NC(=O)[C@H](CCN)NC(=O)[C@H](CCCN)N(C)C(=O)[C@H](Cc2c[nH]c3ccccc23)NC(=O)[C@H](CCCN=C(N)N)NC(=O)[C@@H](CCCCN)NC(=O)[C@H](CCCN)NC(=O)[C@H](CCN)NC1=O. The zero-order valence-corrected chi connectivity index (χ0v) is 70.8. The monoisotopic (exact) mass is 1710 g/mol. The lowest BCUT2D eigenvalue weighted by atomic mass is 9.99. The van der Waals surface area contributed by atoms with Gasteiger partial charge in [-0.05, 0) is 204 Å². The first kappa shape index (κ1) is 98.2. The molecule has 0 bridgehead atoms. The van der Waals surface area contributed by atoms with Crippen LogP contribution in [0.5, 0.6) is 0 Å². The number of carbonyl (C=O) groups is 14. The quantitative estimate of drug-likeness (QED) is 0.0138. The topological polar surface area (TPSA) is 653 Å². The number of guanidine groups is 1. The van der Waals surface area contributed by atoms with Gasteiger partial charge < -0.3 is 134 Å². The van der Waals surface area contributed by atoms with Crippen molar-refractivity contribution in [2.45, 2.75) is 253 Å². The van der Waals surface area contributed by atoms with Crippen molar-refractivity contribution in [1.29, 1.82) is 0 Å². The molecule has 674 valence electrons. The van der Waals surface area contributed by atoms with Crippen molar-refractivity contribution >= 4 is 110 Å². The predicted molar refractivity (Wildman–Crippen MR) is 458 cm³/mol. The average Bonchev–Trinajstić information content (AvgIpc) is 1.66. The normalized spacial score (nSPS) is 25.5. The number of aromatic amines is 2. The fourth-order valence-electron chi connectivity index (χ4n) is 15.6. The molecule has 3 saturated heterocycles. The van der Waals surface area contributed by atoms with E-state index < -0.39 is 173 Å². The molecule has 14 amide bonds. The van der Waals surface area contributed by atoms with Crippen LogP contribution in [0.15, 0.2) is 65.9 Å². The number of nitrogens with one attached hydrogen (secondary N) is 13. The van der Waals surface area contributed by atoms with Crippen molar-refractivity contribution in [2.75, 3.05) is 66.0 Å². The van der Waals surface area contributed by atoms with E-state index in [1.807, 2.05) is 0 Å². The predicted octanol–water partition coefficient (Wildman–Crippen LogP) is -4.48. The van der Waals surface area contributed by atoms with E-state index in [4.69, 9.17) is 45.9 Å². The highest BCUT2D eigenvalue weighted by atomic mass is 16.3. The fourth-order valence-corrected chi connectivity index (χ4v) is 15.6. The number of hydrogen-bond donors (Lipinski definition) is 22. The number of fused-ring (bicyclic) bond motifs is 4. The van der Waals surface area contributed by atoms with Crippen LogP contribution in [0.2, 0.25) is 0 Å². The van der Waals surface area contributed by atoms with Crippen LogP contribution in [-0.4, -0.2) is 275 Å². The Morgan fingerprint density at radius 2 is 0.828 bits per heavy atom. The van der Waals surface area contributed by atoms with E-state index in [-0.39, 0.29) is 174 Å². The van der Waals surface area contributed by atoms with Gasteiger partial charge in [-0.2, -0.15) is 0 Å². The van der Waals surface area contributed by atoms with E-state index in [9.17, 15) is 53.1 Å². The number of benzene rings is 2. The highest BCUT2D eigenvalue weighted by molar-refractivity contribution is 6.02. The number of aromatic nitrogens is 2. The number of para-hydroxylation sites is 2. The number of nitrogens with two attached hydrogens (primary N) is 8. The lowest BCUT2D eigenvalue weighted by Crippen LogP contribution is -2.62. The average molecular weight is 1710 g/mol. The third kappa shape index (κ3) is 28.3. The number of rotatable bonds is 29. The summed E-state index contributed by atoms with van der Waals surface area (Å²) in [5.74, 6) is -12.3. The molecule has 30 N–H and O–H groups in total. The van der Waals surface area contributed by atoms with Gasteiger partial charge in [0, 0.05) is 73.7 Å². The molecule has 0 spiro atoms. The summed E-state index contributed by atoms with van der Waals surface area (Å²) >= 11 is 0. The molecule has 0 aliphatic carbocycles. The van der Waals surface area contributed by atoms with Gasteiger partial charge in [0.05, 0.1) is 6.10 Å². The molecule has 3 aliphatic heterocycles. The Bertz CT molecular complexity index is 4230. The highest BCUT2D eigenvalue weighted by Crippen LogP contribution is 2.28. The number of nitrogens with zero attached hydrogens (tertiary/aromatic N) is 4. The minimum absolute atomic E-state index is 0.0331. The van der Waals surface area contributed by atoms with Gasteiger partial charge in [0.25, 0.3) is 0 Å². The van der Waals surface area contributed by atoms with Crippen LogP contribution in [-0.2, 0) is 80.0 Å². The summed E-state index contributed by atoms with van der Waals surface area (Å²) in [6, 6.07) is -5.59. The van der Waals surface area contributed by atoms with E-state index in [0.29, 0.717) is 65.0 Å². The molecule has 40 nitrogen and oxygen atoms in total. The number of aliphatic imine (C=N–C) groups is 1. The molecular weight excluding hydrogens is 1580 g/mol. The Morgan fingerprint density at radius 3 is 1.34 bits per heavy atom. The molecule has 2 aromatic heterocycles. The van der Waals surface area contributed by atoms with E-state index in [0.717, 1.165) is 4.90 Å². The van der Waals surface area contributed by atoms with E-state index in [1.54, 1.807) is 74.8 Å². The maximum Gasteiger partial charge on any atom is 0.246 e. The van der Waals surface area contributed by atoms with Crippen molar-refractivity contribution in [3.05, 3.63) is 72.1 Å². The number of H-pyrrole nitrogens is 2. The van der Waals surface area contributed by atoms with Gasteiger partial charge >= 0.3 is 0 Å². The standard InChI is InChI=1S/C82H131N25O15/c1-46(2)41-61-74(115)98-59(31-37-88)73(114)96-56(25-14-34-85)71(112)95-55(23-10-12-32-83)70(111)97-57(26-16-38-91-82(89)90)72(113)103-63(43-50-45-93-54-22-9-7-20-52(50)54)79(120)105(5)64(27-15-35-86)76(117)99-58(30-36-87)69(110)94-47(3)68(109)100-60(24-11-13-33-84)80(121)107-40-18-29-66(107)81(122)106-39-17-28-65(106)77(118)104-67(48(4)108)78(119)102-62(75(116)101-61)42-49-44-92-53-21-8-6-19-51(49)53/h6-9,19-22,44-48,55-67,92-93,108H,10-18,23-43,83-88H2,1-5H3,(H,94,110)(H,95,112)(H,96,114)(H,97,111)(H,98,115)(H,99,117)(H,100,109)(H,101,116)(H,102,119)(H,103,113)(H,104,118)(H4,89,90,91)/t47-,48+,55+,56-,57-,58-,59-,60-,61-,62-,63-,64-,65-,66+,67-/m0/s1. The summed E-state index contributed by atoms with van der Waals surface area (Å²) < 4.78 is 0. The number of aliphatic hydroxyl groups excluding tert-OH is 1. The molecule has 15 atom stereocenters. The summed E-state index contributed by atoms with van der Waals surface area (Å²) in [5.41, 5.74) is 50.0. The molecule has 122 heavy (non-hydrogen) atoms. The second-order valence-corrected chi connectivity index (χ2v) is 32.1. The maximum atomic E-state index is 15.5. The minimum atomic E-state index is -1.76. The molecule has 5 heterocycles. The first-order valence-corrected chi connectivity index (χ1v) is 42.6. The Labute approximate surface area is 710 Å². The summed E-state index contributed by atoms with van der Waals surface area (Å²) in [6.45, 7) is 6.40. The van der Waals surface area contributed by atoms with Crippen LogP contribution in [0.1, 0.15) is 161 Å². The number of unbranched alkanes of at least 4 members (excludes halogenated alkanes) is 2. The van der Waals surface area contributed by atoms with E-state index in [1.165, 1.54) is 30.7 Å². The van der Waals surface area contributed by atoms with Gasteiger partial charge in [-0.3, -0.25) is 72.1 Å². The highest BCUT2D eigenvalue weighted by Gasteiger charge is 2.46. The maximum absolute atomic E-state index is 15.5. The molecule has 0 radical (unpaired) electrons. The zero-order valence-electron chi connectivity index (χ0n) is 70.8. The van der Waals surface area contributed by atoms with Gasteiger partial charge in [-0.1, -0.05) is 50.2 Å². The van der Waals surface area contributed by atoms with Crippen LogP contribution in [0.25, 0.3) is 21.8 Å². The third-order valence-corrected chi connectivity index (χ3v) is 22.3. The molecule has 0 saturated carbocycles. The second kappa shape index (κ2) is 49.3. The van der Waals surface area contributed by atoms with E-state index in [2.05, 4.69) is 73.4 Å². The number of aliphatic hydroxyl groups is 1. The summed E-state index contributed by atoms with van der Waals surface area (Å²) in [6.07, 6.45) is 3.19. The number of amides is 14. The zero-order chi connectivity index (χ0) is 89.3. The minimum Gasteiger partial charge on any atom is -0.391 e. The van der Waals surface area contributed by atoms with Crippen molar-refractivity contribution < 1.29 is 72.2 Å². The van der Waals surface area contributed by atoms with E-state index >= 15 is 19.2 Å². The van der Waals surface area contributed by atoms with Crippen LogP contribution in [0, 0.1) is 5.92 Å². The van der Waals surface area contributed by atoms with Crippen LogP contribution in [0.3, 0.4) is 0 Å². The Kier molecular flexibility index (Phi) is 39.6. The van der Waals surface area contributed by atoms with Gasteiger partial charge in [-0.25, -0.2) is 0 Å². The van der Waals surface area contributed by atoms with Crippen molar-refractivity contribution in [1.82, 2.24) is 83.2 Å². The Morgan fingerprint density at radius 1 is 0.418 bits per heavy atom. The summed E-state index contributed by atoms with van der Waals surface area (Å²) in [4.78, 5) is 223. The number of likely N-dealkylation sites (N-methyl/N-ethyl adjacent to an activating group) is 1.